The molecule has 0 saturated carbocycles. The lowest BCUT2D eigenvalue weighted by molar-refractivity contribution is 0.0966. The van der Waals surface area contributed by atoms with Gasteiger partial charge in [0.2, 0.25) is 0 Å². The van der Waals surface area contributed by atoms with Crippen LogP contribution in [-0.4, -0.2) is 65.1 Å². The summed E-state index contributed by atoms with van der Waals surface area (Å²) in [6.45, 7) is 8.70. The molecule has 0 aliphatic carbocycles. The van der Waals surface area contributed by atoms with Crippen LogP contribution in [0.2, 0.25) is 0 Å². The van der Waals surface area contributed by atoms with Crippen molar-refractivity contribution in [3.8, 4) is 11.3 Å². The Morgan fingerprint density at radius 3 is 2.63 bits per heavy atom. The van der Waals surface area contributed by atoms with E-state index in [1.807, 2.05) is 0 Å². The maximum absolute atomic E-state index is 12.4. The quantitative estimate of drug-likeness (QED) is 0.611. The monoisotopic (exact) mass is 404 g/mol. The number of carbonyl (C=O) groups excluding carboxylic acids is 1. The molecule has 1 saturated heterocycles. The van der Waals surface area contributed by atoms with Gasteiger partial charge in [-0.2, -0.15) is 0 Å². The minimum Gasteiger partial charge on any atom is -0.395 e. The van der Waals surface area contributed by atoms with Crippen molar-refractivity contribution >= 4 is 16.8 Å². The number of hydrogen-bond acceptors (Lipinski definition) is 4. The number of fused-ring (bicyclic) bond motifs is 2. The molecule has 156 valence electrons. The van der Waals surface area contributed by atoms with E-state index in [2.05, 4.69) is 63.4 Å². The van der Waals surface area contributed by atoms with Gasteiger partial charge in [-0.3, -0.25) is 14.6 Å². The molecular formula is C24H28N4O2. The molecule has 3 N–H and O–H groups in total. The van der Waals surface area contributed by atoms with E-state index in [-0.39, 0.29) is 12.5 Å². The fourth-order valence-electron chi connectivity index (χ4n) is 4.72. The predicted octanol–water partition coefficient (Wildman–Crippen LogP) is 2.50. The van der Waals surface area contributed by atoms with Crippen molar-refractivity contribution in [2.24, 2.45) is 0 Å². The highest BCUT2D eigenvalue weighted by Crippen LogP contribution is 2.33. The van der Waals surface area contributed by atoms with Crippen LogP contribution in [0, 0.1) is 6.92 Å². The van der Waals surface area contributed by atoms with Crippen LogP contribution in [0.15, 0.2) is 36.4 Å². The maximum atomic E-state index is 12.4. The minimum absolute atomic E-state index is 0.0170. The molecule has 0 bridgehead atoms. The van der Waals surface area contributed by atoms with E-state index in [4.69, 9.17) is 5.11 Å². The number of carbonyl (C=O) groups is 1. The first-order chi connectivity index (χ1) is 14.6. The number of H-pyrrole nitrogens is 1. The molecule has 1 aromatic heterocycles. The van der Waals surface area contributed by atoms with Crippen molar-refractivity contribution in [2.75, 3.05) is 39.3 Å². The average Bonchev–Trinajstić information content (AvgIpc) is 3.34. The Labute approximate surface area is 176 Å². The van der Waals surface area contributed by atoms with Crippen LogP contribution < -0.4 is 5.32 Å². The summed E-state index contributed by atoms with van der Waals surface area (Å²) in [6.07, 6.45) is 0. The van der Waals surface area contributed by atoms with Gasteiger partial charge < -0.3 is 15.4 Å². The van der Waals surface area contributed by atoms with Crippen LogP contribution in [-0.2, 0) is 13.1 Å². The second kappa shape index (κ2) is 7.87. The van der Waals surface area contributed by atoms with Crippen LogP contribution in [0.4, 0.5) is 0 Å². The second-order valence-corrected chi connectivity index (χ2v) is 8.41. The molecule has 5 rings (SSSR count). The van der Waals surface area contributed by atoms with Crippen LogP contribution in [0.1, 0.15) is 27.0 Å². The summed E-state index contributed by atoms with van der Waals surface area (Å²) in [4.78, 5) is 20.7. The summed E-state index contributed by atoms with van der Waals surface area (Å²) in [5.41, 5.74) is 7.44. The number of aryl methyl sites for hydroxylation is 1. The number of aliphatic hydroxyl groups is 1. The Hall–Kier alpha value is -2.67. The number of aliphatic hydroxyl groups excluding tert-OH is 1. The summed E-state index contributed by atoms with van der Waals surface area (Å²) in [6, 6.07) is 12.9. The van der Waals surface area contributed by atoms with Gasteiger partial charge in [-0.25, -0.2) is 0 Å². The van der Waals surface area contributed by atoms with Gasteiger partial charge in [-0.1, -0.05) is 18.2 Å². The molecule has 2 aliphatic heterocycles. The maximum Gasteiger partial charge on any atom is 0.252 e. The number of piperazine rings is 1. The molecule has 1 amide bonds. The van der Waals surface area contributed by atoms with Crippen molar-refractivity contribution in [1.29, 1.82) is 0 Å². The Morgan fingerprint density at radius 2 is 1.83 bits per heavy atom. The molecule has 0 atom stereocenters. The summed E-state index contributed by atoms with van der Waals surface area (Å²) < 4.78 is 0. The lowest BCUT2D eigenvalue weighted by Gasteiger charge is -2.34. The van der Waals surface area contributed by atoms with Gasteiger partial charge in [0, 0.05) is 68.0 Å². The predicted molar refractivity (Wildman–Crippen MR) is 118 cm³/mol. The average molecular weight is 405 g/mol. The van der Waals surface area contributed by atoms with Gasteiger partial charge in [-0.15, -0.1) is 0 Å². The Bertz CT molecular complexity index is 1100. The van der Waals surface area contributed by atoms with E-state index in [1.165, 1.54) is 10.9 Å². The van der Waals surface area contributed by atoms with Crippen LogP contribution in [0.25, 0.3) is 22.2 Å². The smallest absolute Gasteiger partial charge is 0.252 e. The van der Waals surface area contributed by atoms with Crippen molar-refractivity contribution in [3.05, 3.63) is 58.7 Å². The number of rotatable bonds is 5. The number of nitrogens with zero attached hydrogens (tertiary/aromatic N) is 2. The fourth-order valence-corrected chi connectivity index (χ4v) is 4.72. The van der Waals surface area contributed by atoms with E-state index >= 15 is 0 Å². The van der Waals surface area contributed by atoms with Crippen molar-refractivity contribution in [2.45, 2.75) is 20.0 Å². The summed E-state index contributed by atoms with van der Waals surface area (Å²) in [5, 5.41) is 13.2. The Balaban J connectivity index is 1.38. The van der Waals surface area contributed by atoms with Gasteiger partial charge in [0.05, 0.1) is 12.2 Å². The van der Waals surface area contributed by atoms with Gasteiger partial charge in [0.1, 0.15) is 0 Å². The molecule has 2 aromatic carbocycles. The molecule has 1 fully saturated rings. The Morgan fingerprint density at radius 1 is 1.03 bits per heavy atom. The third-order valence-electron chi connectivity index (χ3n) is 6.46. The SMILES string of the molecule is Cc1ccc(-c2cc3cc(CN4CCN(CCO)CC4)ccc3[nH]2)c2c1CNC2=O. The molecule has 0 spiro atoms. The van der Waals surface area contributed by atoms with Gasteiger partial charge in [0.15, 0.2) is 0 Å². The molecule has 0 unspecified atom stereocenters. The van der Waals surface area contributed by atoms with E-state index in [9.17, 15) is 4.79 Å². The topological polar surface area (TPSA) is 71.6 Å². The largest absolute Gasteiger partial charge is 0.395 e. The number of benzene rings is 2. The van der Waals surface area contributed by atoms with E-state index in [1.54, 1.807) is 0 Å². The van der Waals surface area contributed by atoms with Gasteiger partial charge >= 0.3 is 0 Å². The molecule has 3 aromatic rings. The highest BCUT2D eigenvalue weighted by molar-refractivity contribution is 6.05. The third-order valence-corrected chi connectivity index (χ3v) is 6.46. The molecule has 0 radical (unpaired) electrons. The summed E-state index contributed by atoms with van der Waals surface area (Å²) >= 11 is 0. The first-order valence-electron chi connectivity index (χ1n) is 10.7. The molecular weight excluding hydrogens is 376 g/mol. The number of β-amino-alcohol motifs (C(OH)–C–C–N with tert-alkyl or cyclic N) is 1. The summed E-state index contributed by atoms with van der Waals surface area (Å²) in [7, 11) is 0. The number of aromatic amines is 1. The van der Waals surface area contributed by atoms with Gasteiger partial charge in [-0.05, 0) is 41.8 Å². The number of hydrogen-bond donors (Lipinski definition) is 3. The van der Waals surface area contributed by atoms with Crippen LogP contribution >= 0.6 is 0 Å². The van der Waals surface area contributed by atoms with Crippen molar-refractivity contribution < 1.29 is 9.90 Å². The fraction of sp³-hybridized carbons (Fsp3) is 0.375. The van der Waals surface area contributed by atoms with Crippen molar-refractivity contribution in [1.82, 2.24) is 20.1 Å². The molecule has 6 heteroatoms. The Kier molecular flexibility index (Phi) is 5.06. The highest BCUT2D eigenvalue weighted by Gasteiger charge is 2.25. The zero-order valence-corrected chi connectivity index (χ0v) is 17.4. The minimum atomic E-state index is 0.0170. The molecule has 2 aliphatic rings. The van der Waals surface area contributed by atoms with Crippen LogP contribution in [0.5, 0.6) is 0 Å². The summed E-state index contributed by atoms with van der Waals surface area (Å²) in [5.74, 6) is 0.0170. The lowest BCUT2D eigenvalue weighted by atomic mass is 9.96. The molecule has 3 heterocycles. The first kappa shape index (κ1) is 19.3. The van der Waals surface area contributed by atoms with E-state index in [0.717, 1.165) is 72.7 Å². The van der Waals surface area contributed by atoms with E-state index in [0.29, 0.717) is 6.54 Å². The molecule has 30 heavy (non-hydrogen) atoms. The normalized spacial score (nSPS) is 17.5. The lowest BCUT2D eigenvalue weighted by Crippen LogP contribution is -2.46. The van der Waals surface area contributed by atoms with Gasteiger partial charge in [0.25, 0.3) is 5.91 Å². The standard InChI is InChI=1S/C24H28N4O2/c1-16-2-4-19(23-20(16)14-25-24(23)30)22-13-18-12-17(3-5-21(18)26-22)15-28-8-6-27(7-9-28)10-11-29/h2-5,12-13,26,29H,6-11,14-15H2,1H3,(H,25,30). The third kappa shape index (κ3) is 3.51. The number of amides is 1. The van der Waals surface area contributed by atoms with Crippen LogP contribution in [0.3, 0.4) is 0 Å². The highest BCUT2D eigenvalue weighted by atomic mass is 16.3. The van der Waals surface area contributed by atoms with E-state index < -0.39 is 0 Å². The van der Waals surface area contributed by atoms with Crippen molar-refractivity contribution in [3.63, 3.8) is 0 Å². The molecule has 6 nitrogen and oxygen atoms in total. The zero-order valence-electron chi connectivity index (χ0n) is 17.4. The zero-order chi connectivity index (χ0) is 20.7. The number of nitrogens with one attached hydrogen (secondary N) is 2. The second-order valence-electron chi connectivity index (χ2n) is 8.41. The first-order valence-corrected chi connectivity index (χ1v) is 10.7. The number of aromatic nitrogens is 1.